The first kappa shape index (κ1) is 22.1. The number of benzene rings is 3. The molecule has 1 N–H and O–H groups in total. The van der Waals surface area contributed by atoms with Gasteiger partial charge in [0.15, 0.2) is 5.69 Å². The summed E-state index contributed by atoms with van der Waals surface area (Å²) in [6.07, 6.45) is 2.88. The lowest BCUT2D eigenvalue weighted by atomic mass is 9.87. The summed E-state index contributed by atoms with van der Waals surface area (Å²) in [6, 6.07) is 22.9. The maximum Gasteiger partial charge on any atom is 0.296 e. The van der Waals surface area contributed by atoms with Gasteiger partial charge in [0.1, 0.15) is 11.3 Å². The van der Waals surface area contributed by atoms with Crippen LogP contribution in [-0.4, -0.2) is 27.4 Å². The van der Waals surface area contributed by atoms with Gasteiger partial charge in [0, 0.05) is 23.3 Å². The van der Waals surface area contributed by atoms with Crippen LogP contribution in [0, 0.1) is 0 Å². The number of aryl methyl sites for hydroxylation is 2. The zero-order valence-electron chi connectivity index (χ0n) is 20.2. The lowest BCUT2D eigenvalue weighted by Crippen LogP contribution is -2.34. The molecule has 0 aliphatic heterocycles. The van der Waals surface area contributed by atoms with E-state index in [1.807, 2.05) is 48.0 Å². The van der Waals surface area contributed by atoms with Crippen molar-refractivity contribution in [1.29, 1.82) is 0 Å². The third-order valence-corrected chi connectivity index (χ3v) is 7.15. The quantitative estimate of drug-likeness (QED) is 0.406. The number of carbonyl (C=O) groups is 1. The first-order valence-corrected chi connectivity index (χ1v) is 12.1. The van der Waals surface area contributed by atoms with E-state index in [1.165, 1.54) is 10.2 Å². The van der Waals surface area contributed by atoms with Crippen molar-refractivity contribution in [3.05, 3.63) is 100.0 Å². The molecule has 180 valence electrons. The van der Waals surface area contributed by atoms with Crippen molar-refractivity contribution in [3.63, 3.8) is 0 Å². The monoisotopic (exact) mass is 478 g/mol. The smallest absolute Gasteiger partial charge is 0.296 e. The van der Waals surface area contributed by atoms with Gasteiger partial charge in [-0.3, -0.25) is 9.59 Å². The van der Waals surface area contributed by atoms with Crippen molar-refractivity contribution in [3.8, 4) is 11.4 Å². The van der Waals surface area contributed by atoms with E-state index in [0.29, 0.717) is 22.3 Å². The molecule has 3 aromatic carbocycles. The summed E-state index contributed by atoms with van der Waals surface area (Å²) in [7, 11) is 3.44. The fourth-order valence-corrected chi connectivity index (χ4v) is 5.37. The summed E-state index contributed by atoms with van der Waals surface area (Å²) in [5, 5.41) is 9.28. The minimum absolute atomic E-state index is 0.101. The van der Waals surface area contributed by atoms with Crippen LogP contribution < -0.4 is 15.6 Å². The van der Waals surface area contributed by atoms with Crippen LogP contribution in [0.15, 0.2) is 77.6 Å². The number of aromatic nitrogens is 3. The number of fused-ring (bicyclic) bond motifs is 4. The molecule has 7 nitrogen and oxygen atoms in total. The highest BCUT2D eigenvalue weighted by molar-refractivity contribution is 6.16. The number of rotatable bonds is 4. The van der Waals surface area contributed by atoms with Gasteiger partial charge in [-0.1, -0.05) is 42.5 Å². The van der Waals surface area contributed by atoms with Gasteiger partial charge >= 0.3 is 0 Å². The minimum atomic E-state index is -0.291. The molecule has 0 fully saturated rings. The Balaban J connectivity index is 1.55. The lowest BCUT2D eigenvalue weighted by molar-refractivity contribution is 0.0928. The largest absolute Gasteiger partial charge is 0.497 e. The molecule has 7 heteroatoms. The normalized spacial score (nSPS) is 15.1. The average molecular weight is 479 g/mol. The average Bonchev–Trinajstić information content (AvgIpc) is 3.22. The molecule has 2 aromatic heterocycles. The molecule has 2 heterocycles. The highest BCUT2D eigenvalue weighted by atomic mass is 16.5. The zero-order chi connectivity index (χ0) is 24.8. The van der Waals surface area contributed by atoms with E-state index in [9.17, 15) is 9.59 Å². The number of para-hydroxylation sites is 1. The molecule has 1 atom stereocenters. The Bertz CT molecular complexity index is 1680. The number of hydrogen-bond acceptors (Lipinski definition) is 4. The molecule has 36 heavy (non-hydrogen) atoms. The number of hydrogen-bond donors (Lipinski definition) is 1. The van der Waals surface area contributed by atoms with Gasteiger partial charge in [-0.15, -0.1) is 0 Å². The van der Waals surface area contributed by atoms with Gasteiger partial charge in [-0.05, 0) is 60.7 Å². The van der Waals surface area contributed by atoms with Crippen molar-refractivity contribution in [2.24, 2.45) is 7.05 Å². The summed E-state index contributed by atoms with van der Waals surface area (Å²) >= 11 is 0. The predicted octanol–water partition coefficient (Wildman–Crippen LogP) is 4.69. The van der Waals surface area contributed by atoms with E-state index in [0.717, 1.165) is 35.7 Å². The molecule has 0 saturated heterocycles. The molecule has 1 amide bonds. The molecule has 1 aliphatic carbocycles. The van der Waals surface area contributed by atoms with Gasteiger partial charge in [0.25, 0.3) is 11.5 Å². The number of amides is 1. The summed E-state index contributed by atoms with van der Waals surface area (Å²) < 4.78 is 8.42. The van der Waals surface area contributed by atoms with E-state index in [1.54, 1.807) is 31.4 Å². The standard InChI is InChI=1S/C29H26N4O3/c1-32-24-13-6-5-11-22(24)25-26(28(34)30-23-12-7-9-18-8-3-4-10-21(18)23)31-33(29(35)27(25)32)19-14-16-20(36-2)17-15-19/h3-6,8,10-11,13-17,23H,7,9,12H2,1-2H3,(H,30,34)/t23-/m0/s1. The number of nitrogens with one attached hydrogen (secondary N) is 1. The first-order valence-electron chi connectivity index (χ1n) is 12.1. The summed E-state index contributed by atoms with van der Waals surface area (Å²) in [6.45, 7) is 0. The van der Waals surface area contributed by atoms with Crippen molar-refractivity contribution < 1.29 is 9.53 Å². The highest BCUT2D eigenvalue weighted by Crippen LogP contribution is 2.32. The van der Waals surface area contributed by atoms with Crippen LogP contribution in [-0.2, 0) is 13.5 Å². The molecule has 0 spiro atoms. The Morgan fingerprint density at radius 1 is 1.03 bits per heavy atom. The van der Waals surface area contributed by atoms with Crippen LogP contribution in [0.4, 0.5) is 0 Å². The number of methoxy groups -OCH3 is 1. The van der Waals surface area contributed by atoms with Gasteiger partial charge in [-0.2, -0.15) is 9.78 Å². The van der Waals surface area contributed by atoms with Gasteiger partial charge in [-0.25, -0.2) is 0 Å². The minimum Gasteiger partial charge on any atom is -0.497 e. The third-order valence-electron chi connectivity index (χ3n) is 7.15. The van der Waals surface area contributed by atoms with E-state index in [-0.39, 0.29) is 23.2 Å². The Kier molecular flexibility index (Phi) is 5.33. The van der Waals surface area contributed by atoms with E-state index in [2.05, 4.69) is 22.5 Å². The third kappa shape index (κ3) is 3.47. The highest BCUT2D eigenvalue weighted by Gasteiger charge is 2.27. The van der Waals surface area contributed by atoms with Crippen molar-refractivity contribution in [2.45, 2.75) is 25.3 Å². The topological polar surface area (TPSA) is 78.2 Å². The van der Waals surface area contributed by atoms with Crippen LogP contribution in [0.25, 0.3) is 27.5 Å². The van der Waals surface area contributed by atoms with Crippen LogP contribution in [0.1, 0.15) is 40.5 Å². The molecule has 0 saturated carbocycles. The van der Waals surface area contributed by atoms with Crippen LogP contribution in [0.2, 0.25) is 0 Å². The predicted molar refractivity (Wildman–Crippen MR) is 140 cm³/mol. The second-order valence-corrected chi connectivity index (χ2v) is 9.18. The second-order valence-electron chi connectivity index (χ2n) is 9.18. The number of nitrogens with zero attached hydrogens (tertiary/aromatic N) is 3. The Morgan fingerprint density at radius 3 is 2.58 bits per heavy atom. The Labute approximate surface area is 207 Å². The number of ether oxygens (including phenoxy) is 1. The molecule has 0 unspecified atom stereocenters. The fraction of sp³-hybridized carbons (Fsp3) is 0.207. The van der Waals surface area contributed by atoms with Gasteiger partial charge in [0.05, 0.1) is 18.8 Å². The van der Waals surface area contributed by atoms with Crippen molar-refractivity contribution in [2.75, 3.05) is 7.11 Å². The van der Waals surface area contributed by atoms with Gasteiger partial charge in [0.2, 0.25) is 0 Å². The Hall–Kier alpha value is -4.39. The van der Waals surface area contributed by atoms with Crippen LogP contribution in [0.5, 0.6) is 5.75 Å². The Morgan fingerprint density at radius 2 is 1.78 bits per heavy atom. The van der Waals surface area contributed by atoms with E-state index < -0.39 is 0 Å². The van der Waals surface area contributed by atoms with Crippen LogP contribution >= 0.6 is 0 Å². The molecule has 5 aromatic rings. The number of carbonyl (C=O) groups excluding carboxylic acids is 1. The maximum absolute atomic E-state index is 13.9. The zero-order valence-corrected chi connectivity index (χ0v) is 20.2. The fourth-order valence-electron chi connectivity index (χ4n) is 5.37. The molecular formula is C29H26N4O3. The first-order chi connectivity index (χ1) is 17.6. The second kappa shape index (κ2) is 8.68. The van der Waals surface area contributed by atoms with Crippen molar-refractivity contribution >= 4 is 27.7 Å². The van der Waals surface area contributed by atoms with E-state index >= 15 is 0 Å². The van der Waals surface area contributed by atoms with Gasteiger partial charge < -0.3 is 14.6 Å². The molecular weight excluding hydrogens is 452 g/mol. The molecule has 0 bridgehead atoms. The molecule has 0 radical (unpaired) electrons. The molecule has 1 aliphatic rings. The summed E-state index contributed by atoms with van der Waals surface area (Å²) in [4.78, 5) is 27.6. The summed E-state index contributed by atoms with van der Waals surface area (Å²) in [5.74, 6) is 0.381. The lowest BCUT2D eigenvalue weighted by Gasteiger charge is -2.26. The molecule has 6 rings (SSSR count). The summed E-state index contributed by atoms with van der Waals surface area (Å²) in [5.41, 5.74) is 4.24. The maximum atomic E-state index is 13.9. The van der Waals surface area contributed by atoms with E-state index in [4.69, 9.17) is 4.74 Å². The SMILES string of the molecule is COc1ccc(-n2nc(C(=O)N[C@H]3CCCc4ccccc43)c3c4ccccc4n(C)c3c2=O)cc1. The van der Waals surface area contributed by atoms with Crippen LogP contribution in [0.3, 0.4) is 0 Å². The van der Waals surface area contributed by atoms with Crippen molar-refractivity contribution in [1.82, 2.24) is 19.7 Å².